The van der Waals surface area contributed by atoms with E-state index in [1.54, 1.807) is 12.1 Å². The third-order valence-electron chi connectivity index (χ3n) is 4.05. The van der Waals surface area contributed by atoms with Gasteiger partial charge in [-0.1, -0.05) is 23.2 Å². The Labute approximate surface area is 150 Å². The molecule has 132 valence electrons. The van der Waals surface area contributed by atoms with E-state index in [2.05, 4.69) is 0 Å². The van der Waals surface area contributed by atoms with E-state index < -0.39 is 12.0 Å². The highest BCUT2D eigenvalue weighted by Crippen LogP contribution is 2.28. The molecular weight excluding hydrogens is 355 g/mol. The number of amides is 1. The minimum absolute atomic E-state index is 0.138. The van der Waals surface area contributed by atoms with Crippen molar-refractivity contribution in [2.75, 3.05) is 38.3 Å². The number of methoxy groups -OCH3 is 1. The fourth-order valence-corrected chi connectivity index (χ4v) is 3.06. The van der Waals surface area contributed by atoms with Crippen molar-refractivity contribution in [1.29, 1.82) is 0 Å². The number of hydrogen-bond acceptors (Lipinski definition) is 5. The minimum atomic E-state index is -0.763. The molecule has 1 amide bonds. The summed E-state index contributed by atoms with van der Waals surface area (Å²) in [5.41, 5.74) is 0.871. The van der Waals surface area contributed by atoms with Crippen molar-refractivity contribution in [3.8, 4) is 0 Å². The number of halogens is 2. The van der Waals surface area contributed by atoms with Crippen LogP contribution in [-0.2, 0) is 14.3 Å². The predicted molar refractivity (Wildman–Crippen MR) is 92.5 cm³/mol. The van der Waals surface area contributed by atoms with E-state index in [1.165, 1.54) is 12.0 Å². The number of ether oxygens (including phenoxy) is 1. The molecule has 24 heavy (non-hydrogen) atoms. The Kier molecular flexibility index (Phi) is 6.71. The predicted octanol–water partition coefficient (Wildman–Crippen LogP) is 1.96. The number of carbonyl (C=O) groups is 2. The molecule has 1 atom stereocenters. The van der Waals surface area contributed by atoms with Gasteiger partial charge in [0.15, 0.2) is 0 Å². The summed E-state index contributed by atoms with van der Waals surface area (Å²) in [5.74, 6) is -0.651. The maximum Gasteiger partial charge on any atom is 0.328 e. The van der Waals surface area contributed by atoms with Crippen molar-refractivity contribution >= 4 is 40.8 Å². The first kappa shape index (κ1) is 18.8. The van der Waals surface area contributed by atoms with Gasteiger partial charge in [-0.05, 0) is 18.2 Å². The molecule has 6 nitrogen and oxygen atoms in total. The summed E-state index contributed by atoms with van der Waals surface area (Å²) >= 11 is 12.0. The lowest BCUT2D eigenvalue weighted by molar-refractivity contribution is -0.153. The van der Waals surface area contributed by atoms with Crippen LogP contribution in [0.25, 0.3) is 0 Å². The average Bonchev–Trinajstić information content (AvgIpc) is 2.76. The molecule has 1 N–H and O–H groups in total. The van der Waals surface area contributed by atoms with Crippen LogP contribution in [0.15, 0.2) is 18.2 Å². The first-order valence-electron chi connectivity index (χ1n) is 7.66. The molecule has 1 aromatic carbocycles. The molecule has 1 aliphatic rings. The molecule has 0 radical (unpaired) electrons. The number of hydrogen-bond donors (Lipinski definition) is 1. The summed E-state index contributed by atoms with van der Waals surface area (Å²) in [7, 11) is 1.27. The van der Waals surface area contributed by atoms with Crippen LogP contribution < -0.4 is 4.90 Å². The zero-order chi connectivity index (χ0) is 17.7. The van der Waals surface area contributed by atoms with Crippen LogP contribution in [0.5, 0.6) is 0 Å². The van der Waals surface area contributed by atoms with Gasteiger partial charge in [-0.3, -0.25) is 4.79 Å². The zero-order valence-corrected chi connectivity index (χ0v) is 14.9. The molecule has 0 aromatic heterocycles. The Hall–Kier alpha value is -1.50. The Morgan fingerprint density at radius 2 is 2.04 bits per heavy atom. The fourth-order valence-electron chi connectivity index (χ4n) is 2.77. The average molecular weight is 375 g/mol. The summed E-state index contributed by atoms with van der Waals surface area (Å²) in [6.07, 6.45) is 0.421. The summed E-state index contributed by atoms with van der Waals surface area (Å²) < 4.78 is 4.76. The molecule has 0 saturated carbocycles. The van der Waals surface area contributed by atoms with Crippen LogP contribution in [-0.4, -0.2) is 61.3 Å². The SMILES string of the molecule is COC(=O)[C@H](CCO)N1CCN(c2ccc(Cl)c(Cl)c2)CCC1=O. The van der Waals surface area contributed by atoms with Gasteiger partial charge < -0.3 is 19.6 Å². The monoisotopic (exact) mass is 374 g/mol. The second-order valence-corrected chi connectivity index (χ2v) is 6.29. The summed E-state index contributed by atoms with van der Waals surface area (Å²) in [6.45, 7) is 1.22. The molecule has 0 spiro atoms. The number of aliphatic hydroxyl groups is 1. The second-order valence-electron chi connectivity index (χ2n) is 5.47. The second kappa shape index (κ2) is 8.55. The van der Waals surface area contributed by atoms with Gasteiger partial charge in [-0.15, -0.1) is 0 Å². The van der Waals surface area contributed by atoms with Crippen molar-refractivity contribution in [2.45, 2.75) is 18.9 Å². The number of anilines is 1. The maximum atomic E-state index is 12.4. The van der Waals surface area contributed by atoms with Crippen LogP contribution >= 0.6 is 23.2 Å². The summed E-state index contributed by atoms with van der Waals surface area (Å²) in [5, 5.41) is 10.1. The van der Waals surface area contributed by atoms with Gasteiger partial charge in [-0.2, -0.15) is 0 Å². The molecular formula is C16H20Cl2N2O4. The molecule has 1 aliphatic heterocycles. The van der Waals surface area contributed by atoms with E-state index >= 15 is 0 Å². The van der Waals surface area contributed by atoms with Crippen LogP contribution in [0.4, 0.5) is 5.69 Å². The van der Waals surface area contributed by atoms with E-state index in [9.17, 15) is 14.7 Å². The maximum absolute atomic E-state index is 12.4. The number of nitrogens with zero attached hydrogens (tertiary/aromatic N) is 2. The van der Waals surface area contributed by atoms with Gasteiger partial charge >= 0.3 is 5.97 Å². The quantitative estimate of drug-likeness (QED) is 0.797. The van der Waals surface area contributed by atoms with Gasteiger partial charge in [0, 0.05) is 44.8 Å². The highest BCUT2D eigenvalue weighted by atomic mass is 35.5. The van der Waals surface area contributed by atoms with Crippen molar-refractivity contribution in [3.05, 3.63) is 28.2 Å². The van der Waals surface area contributed by atoms with Gasteiger partial charge in [0.05, 0.1) is 17.2 Å². The lowest BCUT2D eigenvalue weighted by Crippen LogP contribution is -2.47. The lowest BCUT2D eigenvalue weighted by atomic mass is 10.1. The van der Waals surface area contributed by atoms with Crippen LogP contribution in [0.2, 0.25) is 10.0 Å². The fraction of sp³-hybridized carbons (Fsp3) is 0.500. The highest BCUT2D eigenvalue weighted by Gasteiger charge is 2.32. The molecule has 1 saturated heterocycles. The zero-order valence-electron chi connectivity index (χ0n) is 13.4. The van der Waals surface area contributed by atoms with Gasteiger partial charge in [0.1, 0.15) is 6.04 Å². The molecule has 1 heterocycles. The van der Waals surface area contributed by atoms with Crippen LogP contribution in [0.3, 0.4) is 0 Å². The summed E-state index contributed by atoms with van der Waals surface area (Å²) in [6, 6.07) is 4.56. The molecule has 0 aliphatic carbocycles. The van der Waals surface area contributed by atoms with Crippen LogP contribution in [0, 0.1) is 0 Å². The molecule has 8 heteroatoms. The van der Waals surface area contributed by atoms with E-state index in [4.69, 9.17) is 27.9 Å². The molecule has 1 fully saturated rings. The Morgan fingerprint density at radius 1 is 1.29 bits per heavy atom. The molecule has 1 aromatic rings. The standard InChI is InChI=1S/C16H20Cl2N2O4/c1-24-16(23)14(5-9-21)20-8-7-19(6-4-15(20)22)11-2-3-12(17)13(18)10-11/h2-3,10,14,21H,4-9H2,1H3/t14-/m0/s1. The number of aliphatic hydroxyl groups excluding tert-OH is 1. The number of esters is 1. The smallest absolute Gasteiger partial charge is 0.328 e. The van der Waals surface area contributed by atoms with E-state index in [0.29, 0.717) is 29.7 Å². The van der Waals surface area contributed by atoms with Crippen LogP contribution in [0.1, 0.15) is 12.8 Å². The topological polar surface area (TPSA) is 70.1 Å². The normalized spacial score (nSPS) is 16.8. The third-order valence-corrected chi connectivity index (χ3v) is 4.79. The van der Waals surface area contributed by atoms with Gasteiger partial charge in [-0.25, -0.2) is 4.79 Å². The third kappa shape index (κ3) is 4.32. The van der Waals surface area contributed by atoms with Gasteiger partial charge in [0.2, 0.25) is 5.91 Å². The van der Waals surface area contributed by atoms with Crippen molar-refractivity contribution in [3.63, 3.8) is 0 Å². The van der Waals surface area contributed by atoms with E-state index in [1.807, 2.05) is 11.0 Å². The van der Waals surface area contributed by atoms with Gasteiger partial charge in [0.25, 0.3) is 0 Å². The first-order chi connectivity index (χ1) is 11.5. The largest absolute Gasteiger partial charge is 0.467 e. The molecule has 0 unspecified atom stereocenters. The van der Waals surface area contributed by atoms with E-state index in [-0.39, 0.29) is 25.4 Å². The van der Waals surface area contributed by atoms with Crippen molar-refractivity contribution in [2.24, 2.45) is 0 Å². The number of benzene rings is 1. The first-order valence-corrected chi connectivity index (χ1v) is 8.41. The summed E-state index contributed by atoms with van der Waals surface area (Å²) in [4.78, 5) is 27.8. The Bertz CT molecular complexity index is 612. The number of rotatable bonds is 5. The Morgan fingerprint density at radius 3 is 2.67 bits per heavy atom. The Balaban J connectivity index is 2.15. The minimum Gasteiger partial charge on any atom is -0.467 e. The van der Waals surface area contributed by atoms with Crippen molar-refractivity contribution < 1.29 is 19.4 Å². The highest BCUT2D eigenvalue weighted by molar-refractivity contribution is 6.42. The van der Waals surface area contributed by atoms with E-state index in [0.717, 1.165) is 5.69 Å². The molecule has 2 rings (SSSR count). The number of carbonyl (C=O) groups excluding carboxylic acids is 2. The molecule has 0 bridgehead atoms. The van der Waals surface area contributed by atoms with Crippen molar-refractivity contribution in [1.82, 2.24) is 4.90 Å². The lowest BCUT2D eigenvalue weighted by Gasteiger charge is -2.29.